The van der Waals surface area contributed by atoms with Crippen LogP contribution in [0.5, 0.6) is 0 Å². The normalized spacial score (nSPS) is 18.5. The Morgan fingerprint density at radius 2 is 0.872 bits per heavy atom. The maximum atomic E-state index is 13.6. The first-order valence-electron chi connectivity index (χ1n) is 15.8. The number of methoxy groups -OCH3 is 2. The fourth-order valence-electron chi connectivity index (χ4n) is 6.74. The van der Waals surface area contributed by atoms with Crippen molar-refractivity contribution in [1.29, 1.82) is 0 Å². The summed E-state index contributed by atoms with van der Waals surface area (Å²) in [5, 5.41) is 0. The average molecular weight is 1420 g/mol. The third-order valence-electron chi connectivity index (χ3n) is 9.92. The zero-order valence-electron chi connectivity index (χ0n) is 29.6. The molecule has 47 heavy (non-hydrogen) atoms. The molecule has 0 rings (SSSR count). The van der Waals surface area contributed by atoms with Gasteiger partial charge in [0.1, 0.15) is 0 Å². The first-order valence-corrected chi connectivity index (χ1v) is 25.4. The molecule has 0 N–H and O–H groups in total. The van der Waals surface area contributed by atoms with Gasteiger partial charge in [-0.1, -0.05) is 0 Å². The van der Waals surface area contributed by atoms with Gasteiger partial charge in [0.25, 0.3) is 0 Å². The zero-order chi connectivity index (χ0) is 37.1. The number of Topliss-reactive ketones (excluding diaryl/α,β-unsaturated/α-hetero) is 4. The van der Waals surface area contributed by atoms with Crippen LogP contribution < -0.4 is 0 Å². The van der Waals surface area contributed by atoms with Crippen LogP contribution in [0.4, 0.5) is 0 Å². The van der Waals surface area contributed by atoms with Gasteiger partial charge in [-0.15, -0.1) is 0 Å². The van der Waals surface area contributed by atoms with Gasteiger partial charge in [-0.25, -0.2) is 0 Å². The summed E-state index contributed by atoms with van der Waals surface area (Å²) in [5.74, 6) is -12.6. The molecule has 251 valence electrons. The molecule has 0 heterocycles. The summed E-state index contributed by atoms with van der Waals surface area (Å²) < 4.78 is 8.36. The number of ketones is 4. The van der Waals surface area contributed by atoms with Crippen molar-refractivity contribution >= 4 is 53.9 Å². The Labute approximate surface area is 260 Å². The van der Waals surface area contributed by atoms with E-state index in [-0.39, 0.29) is 55.5 Å². The summed E-state index contributed by atoms with van der Waals surface area (Å²) >= 11 is 0. The van der Waals surface area contributed by atoms with Crippen LogP contribution in [0.15, 0.2) is 0 Å². The standard InChI is InChI=1S/C33H47O11.3Rf/c1-17(21(5)37)11-26(19(3)14-34)30(23(7)39)25(15-35)13-28(33(42)44-10)31(24(8)40)29(16-36)27(12-18(2)22(6)38)20(4)32(41)43-9;;;/h17-20,25-31H,11-13H2,1-10H3;;;. The Balaban J connectivity index is 7.59. The van der Waals surface area contributed by atoms with Gasteiger partial charge in [0.2, 0.25) is 0 Å². The van der Waals surface area contributed by atoms with E-state index >= 15 is 0 Å². The minimum atomic E-state index is -1.34. The van der Waals surface area contributed by atoms with Crippen molar-refractivity contribution < 1.29 is 52.6 Å². The Hall–Kier alpha value is -6.37. The Morgan fingerprint density at radius 3 is 1.17 bits per heavy atom. The molecule has 11 nitrogen and oxygen atoms in total. The Morgan fingerprint density at radius 1 is 0.468 bits per heavy atom. The molecule has 0 aliphatic heterocycles. The van der Waals surface area contributed by atoms with Gasteiger partial charge in [0, 0.05) is 0 Å². The molecule has 0 aliphatic carbocycles. The molecule has 0 bridgehead atoms. The summed E-state index contributed by atoms with van der Waals surface area (Å²) in [6.07, 6.45) is -0.565. The van der Waals surface area contributed by atoms with Crippen LogP contribution in [-0.4, -0.2) is 68.1 Å². The zero-order valence-corrected chi connectivity index (χ0v) is 48.8. The summed E-state index contributed by atoms with van der Waals surface area (Å²) in [6.45, 7) is 12.0. The second-order valence-corrected chi connectivity index (χ2v) is 22.6. The Kier molecular flexibility index (Phi) is 14.9. The van der Waals surface area contributed by atoms with Gasteiger partial charge in [0.05, 0.1) is 0 Å². The quantitative estimate of drug-likeness (QED) is 0.146. The molecule has 0 saturated carbocycles. The van der Waals surface area contributed by atoms with Gasteiger partial charge in [-0.05, 0) is 0 Å². The fourth-order valence-corrected chi connectivity index (χ4v) is 12.5. The van der Waals surface area contributed by atoms with Gasteiger partial charge in [0.15, 0.2) is 0 Å². The molecular formula is C33H47O11Rf3. The van der Waals surface area contributed by atoms with Gasteiger partial charge >= 0.3 is 261 Å². The van der Waals surface area contributed by atoms with E-state index in [1.165, 1.54) is 34.8 Å². The summed E-state index contributed by atoms with van der Waals surface area (Å²) in [6, 6.07) is 0. The number of carbonyl (C=O) groups is 9. The number of hydrogen-bond donors (Lipinski definition) is 0. The van der Waals surface area contributed by atoms with E-state index < -0.39 is 82.8 Å². The van der Waals surface area contributed by atoms with E-state index in [9.17, 15) is 43.2 Å². The van der Waals surface area contributed by atoms with Crippen LogP contribution in [0, 0.1) is 65.1 Å². The topological polar surface area (TPSA) is 172 Å². The van der Waals surface area contributed by atoms with E-state index in [0.717, 1.165) is 7.11 Å². The van der Waals surface area contributed by atoms with Gasteiger partial charge in [-0.3, -0.25) is 0 Å². The molecule has 14 heteroatoms. The SMILES string of the molecule is COC(=O)C(C)C(CC(C)C(C)=O)C([C](=O)[Rf])C(C(C)=O)C(CC([C](=O)[Rf])C(C(C)=O)C(CC(C)C(C)=O)C(C)[C](=O)[Rf])C(=O)OC. The molecule has 11 unspecified atom stereocenters. The molecule has 0 aliphatic rings. The molecule has 0 aromatic rings. The first kappa shape index (κ1) is 40.6. The van der Waals surface area contributed by atoms with Crippen molar-refractivity contribution in [3.8, 4) is 0 Å². The average Bonchev–Trinajstić information content (AvgIpc) is 2.97. The number of carbonyl (C=O) groups excluding carboxylic acids is 9. The fraction of sp³-hybridized carbons (Fsp3) is 0.727. The van der Waals surface area contributed by atoms with Crippen molar-refractivity contribution in [1.82, 2.24) is 0 Å². The van der Waals surface area contributed by atoms with Crippen LogP contribution in [0.25, 0.3) is 0 Å². The second kappa shape index (κ2) is 17.2. The molecule has 0 amide bonds. The van der Waals surface area contributed by atoms with Crippen molar-refractivity contribution in [2.24, 2.45) is 65.1 Å². The van der Waals surface area contributed by atoms with E-state index in [0.29, 0.717) is 0 Å². The molecule has 0 aromatic carbocycles. The van der Waals surface area contributed by atoms with Crippen LogP contribution >= 0.6 is 0 Å². The predicted octanol–water partition coefficient (Wildman–Crippen LogP) is 2.94. The molecule has 0 fully saturated rings. The third-order valence-corrected chi connectivity index (χ3v) is 17.3. The molecule has 11 atom stereocenters. The van der Waals surface area contributed by atoms with E-state index in [1.54, 1.807) is 27.7 Å². The number of rotatable bonds is 22. The summed E-state index contributed by atoms with van der Waals surface area (Å²) in [5.41, 5.74) is 0. The number of hydrogen-bond acceptors (Lipinski definition) is 11. The van der Waals surface area contributed by atoms with Crippen LogP contribution in [0.3, 0.4) is 0 Å². The van der Waals surface area contributed by atoms with Crippen molar-refractivity contribution in [3.05, 3.63) is 0 Å². The maximum absolute atomic E-state index is 13.6. The Bertz CT molecular complexity index is 1220. The van der Waals surface area contributed by atoms with Crippen LogP contribution in [-0.2, 0) is 52.6 Å². The molecular weight excluding hydrogens is 1370 g/mol. The molecule has 0 aromatic heterocycles. The van der Waals surface area contributed by atoms with Gasteiger partial charge < -0.3 is 0 Å². The van der Waals surface area contributed by atoms with Gasteiger partial charge in [-0.2, -0.15) is 0 Å². The predicted molar refractivity (Wildman–Crippen MR) is 157 cm³/mol. The van der Waals surface area contributed by atoms with E-state index in [2.05, 4.69) is 0 Å². The summed E-state index contributed by atoms with van der Waals surface area (Å²) in [4.78, 5) is 118. The minimum absolute atomic E-state index is 0.0156. The first-order chi connectivity index (χ1) is 21.6. The number of esters is 2. The second-order valence-electron chi connectivity index (χ2n) is 13.1. The third kappa shape index (κ3) is 10.4. The molecule has 0 radical (unpaired) electrons. The molecule has 0 saturated heterocycles. The number of ether oxygens (including phenoxy) is 2. The van der Waals surface area contributed by atoms with Crippen molar-refractivity contribution in [3.63, 3.8) is 0 Å². The van der Waals surface area contributed by atoms with Crippen molar-refractivity contribution in [2.45, 2.75) is 74.7 Å². The van der Waals surface area contributed by atoms with Crippen LogP contribution in [0.2, 0.25) is 0 Å². The molecule has 0 spiro atoms. The monoisotopic (exact) mass is 1420 g/mol. The van der Waals surface area contributed by atoms with E-state index in [4.69, 9.17) is 9.47 Å². The van der Waals surface area contributed by atoms with Crippen molar-refractivity contribution in [2.75, 3.05) is 14.2 Å². The van der Waals surface area contributed by atoms with Crippen LogP contribution in [0.1, 0.15) is 74.7 Å². The van der Waals surface area contributed by atoms with E-state index in [1.807, 2.05) is 0 Å². The summed E-state index contributed by atoms with van der Waals surface area (Å²) in [7, 11) is 2.33.